The van der Waals surface area contributed by atoms with Gasteiger partial charge in [-0.3, -0.25) is 9.69 Å². The minimum atomic E-state index is 0.297. The zero-order valence-electron chi connectivity index (χ0n) is 12.1. The minimum Gasteiger partial charge on any atom is -0.293 e. The Labute approximate surface area is 120 Å². The van der Waals surface area contributed by atoms with Gasteiger partial charge in [-0.15, -0.1) is 11.3 Å². The lowest BCUT2D eigenvalue weighted by Gasteiger charge is -2.28. The molecular formula is C16H25NOS. The zero-order chi connectivity index (χ0) is 13.7. The molecule has 106 valence electrons. The summed E-state index contributed by atoms with van der Waals surface area (Å²) < 4.78 is 0. The molecule has 0 aliphatic heterocycles. The third kappa shape index (κ3) is 4.43. The van der Waals surface area contributed by atoms with E-state index in [4.69, 9.17) is 0 Å². The molecule has 19 heavy (non-hydrogen) atoms. The molecule has 0 radical (unpaired) electrons. The first kappa shape index (κ1) is 14.7. The number of rotatable bonds is 7. The van der Waals surface area contributed by atoms with Gasteiger partial charge in [-0.05, 0) is 43.2 Å². The van der Waals surface area contributed by atoms with Gasteiger partial charge in [0.05, 0.1) is 11.4 Å². The normalized spacial score (nSPS) is 16.6. The molecule has 2 nitrogen and oxygen atoms in total. The number of carbonyl (C=O) groups excluding carboxylic acids is 1. The highest BCUT2D eigenvalue weighted by Gasteiger charge is 2.24. The second-order valence-electron chi connectivity index (χ2n) is 5.99. The number of thiophene rings is 1. The van der Waals surface area contributed by atoms with Crippen LogP contribution in [0.4, 0.5) is 0 Å². The third-order valence-electron chi connectivity index (χ3n) is 3.98. The van der Waals surface area contributed by atoms with Gasteiger partial charge in [0.15, 0.2) is 5.78 Å². The van der Waals surface area contributed by atoms with Crippen LogP contribution in [0.25, 0.3) is 0 Å². The van der Waals surface area contributed by atoms with Crippen LogP contribution < -0.4 is 0 Å². The molecule has 1 aliphatic carbocycles. The van der Waals surface area contributed by atoms with Crippen molar-refractivity contribution in [2.75, 3.05) is 13.1 Å². The van der Waals surface area contributed by atoms with Gasteiger partial charge in [0.25, 0.3) is 0 Å². The summed E-state index contributed by atoms with van der Waals surface area (Å²) in [7, 11) is 0. The molecule has 1 aliphatic rings. The van der Waals surface area contributed by atoms with Crippen LogP contribution in [0.1, 0.15) is 55.6 Å². The van der Waals surface area contributed by atoms with E-state index in [0.717, 1.165) is 11.4 Å². The van der Waals surface area contributed by atoms with Gasteiger partial charge < -0.3 is 0 Å². The van der Waals surface area contributed by atoms with Crippen LogP contribution >= 0.6 is 11.3 Å². The Morgan fingerprint density at radius 2 is 2.16 bits per heavy atom. The topological polar surface area (TPSA) is 20.3 Å². The van der Waals surface area contributed by atoms with Crippen molar-refractivity contribution in [3.8, 4) is 0 Å². The van der Waals surface area contributed by atoms with Gasteiger partial charge in [-0.2, -0.15) is 0 Å². The van der Waals surface area contributed by atoms with E-state index in [0.29, 0.717) is 24.3 Å². The largest absolute Gasteiger partial charge is 0.293 e. The summed E-state index contributed by atoms with van der Waals surface area (Å²) in [6, 6.07) is 4.55. The number of carbonyl (C=O) groups is 1. The summed E-state index contributed by atoms with van der Waals surface area (Å²) in [6.45, 7) is 6.19. The highest BCUT2D eigenvalue weighted by atomic mass is 32.1. The average Bonchev–Trinajstić information content (AvgIpc) is 3.05. The second-order valence-corrected chi connectivity index (χ2v) is 6.94. The number of nitrogens with zero attached hydrogens (tertiary/aromatic N) is 1. The Kier molecular flexibility index (Phi) is 5.59. The lowest BCUT2D eigenvalue weighted by Crippen LogP contribution is -2.38. The van der Waals surface area contributed by atoms with Crippen molar-refractivity contribution >= 4 is 17.1 Å². The maximum absolute atomic E-state index is 12.3. The molecule has 3 heteroatoms. The third-order valence-corrected chi connectivity index (χ3v) is 4.89. The molecule has 0 N–H and O–H groups in total. The summed E-state index contributed by atoms with van der Waals surface area (Å²) in [4.78, 5) is 15.6. The molecule has 1 heterocycles. The molecule has 0 spiro atoms. The van der Waals surface area contributed by atoms with Crippen molar-refractivity contribution in [2.24, 2.45) is 5.92 Å². The Bertz CT molecular complexity index is 379. The molecule has 1 aromatic rings. The monoisotopic (exact) mass is 279 g/mol. The summed E-state index contributed by atoms with van der Waals surface area (Å²) >= 11 is 1.56. The Balaban J connectivity index is 1.94. The van der Waals surface area contributed by atoms with E-state index in [2.05, 4.69) is 18.7 Å². The van der Waals surface area contributed by atoms with E-state index in [1.807, 2.05) is 17.5 Å². The highest BCUT2D eigenvalue weighted by molar-refractivity contribution is 7.12. The van der Waals surface area contributed by atoms with Gasteiger partial charge in [-0.1, -0.05) is 32.8 Å². The fraction of sp³-hybridized carbons (Fsp3) is 0.688. The minimum absolute atomic E-state index is 0.297. The van der Waals surface area contributed by atoms with Crippen molar-refractivity contribution in [1.29, 1.82) is 0 Å². The van der Waals surface area contributed by atoms with Crippen molar-refractivity contribution in [1.82, 2.24) is 4.90 Å². The summed E-state index contributed by atoms with van der Waals surface area (Å²) in [5.41, 5.74) is 0. The fourth-order valence-electron chi connectivity index (χ4n) is 2.78. The van der Waals surface area contributed by atoms with E-state index in [9.17, 15) is 4.79 Å². The standard InChI is InChI=1S/C16H25NOS/c1-13(2)9-10-17(14-6-3-4-7-14)12-15(18)16-8-5-11-19-16/h5,8,11,13-14H,3-4,6-7,9-10,12H2,1-2H3. The first-order valence-corrected chi connectivity index (χ1v) is 8.35. The van der Waals surface area contributed by atoms with Crippen LogP contribution in [0.15, 0.2) is 17.5 Å². The quantitative estimate of drug-likeness (QED) is 0.696. The second kappa shape index (κ2) is 7.20. The van der Waals surface area contributed by atoms with E-state index < -0.39 is 0 Å². The predicted molar refractivity (Wildman–Crippen MR) is 81.9 cm³/mol. The Morgan fingerprint density at radius 3 is 2.74 bits per heavy atom. The van der Waals surface area contributed by atoms with Crippen molar-refractivity contribution < 1.29 is 4.79 Å². The molecule has 0 atom stereocenters. The zero-order valence-corrected chi connectivity index (χ0v) is 12.9. The van der Waals surface area contributed by atoms with E-state index in [1.165, 1.54) is 32.1 Å². The first-order chi connectivity index (χ1) is 9.16. The van der Waals surface area contributed by atoms with Gasteiger partial charge in [0, 0.05) is 6.04 Å². The summed E-state index contributed by atoms with van der Waals surface area (Å²) in [5.74, 6) is 1.01. The van der Waals surface area contributed by atoms with Gasteiger partial charge in [-0.25, -0.2) is 0 Å². The lowest BCUT2D eigenvalue weighted by molar-refractivity contribution is 0.0890. The molecule has 0 aromatic carbocycles. The number of hydrogen-bond donors (Lipinski definition) is 0. The molecule has 0 bridgehead atoms. The van der Waals surface area contributed by atoms with Crippen LogP contribution in [0, 0.1) is 5.92 Å². The molecule has 1 fully saturated rings. The molecular weight excluding hydrogens is 254 g/mol. The molecule has 1 saturated carbocycles. The summed E-state index contributed by atoms with van der Waals surface area (Å²) in [6.07, 6.45) is 6.39. The van der Waals surface area contributed by atoms with Crippen LogP contribution in [0.5, 0.6) is 0 Å². The van der Waals surface area contributed by atoms with Crippen molar-refractivity contribution in [2.45, 2.75) is 52.0 Å². The molecule has 1 aromatic heterocycles. The fourth-order valence-corrected chi connectivity index (χ4v) is 3.44. The average molecular weight is 279 g/mol. The first-order valence-electron chi connectivity index (χ1n) is 7.47. The number of ketones is 1. The predicted octanol–water partition coefficient (Wildman–Crippen LogP) is 4.22. The van der Waals surface area contributed by atoms with Crippen LogP contribution in [-0.2, 0) is 0 Å². The highest BCUT2D eigenvalue weighted by Crippen LogP contribution is 2.24. The maximum atomic E-state index is 12.3. The van der Waals surface area contributed by atoms with Crippen molar-refractivity contribution in [3.05, 3.63) is 22.4 Å². The van der Waals surface area contributed by atoms with Crippen LogP contribution in [0.2, 0.25) is 0 Å². The van der Waals surface area contributed by atoms with E-state index >= 15 is 0 Å². The summed E-state index contributed by atoms with van der Waals surface area (Å²) in [5, 5.41) is 1.99. The number of hydrogen-bond acceptors (Lipinski definition) is 3. The van der Waals surface area contributed by atoms with E-state index in [1.54, 1.807) is 11.3 Å². The Morgan fingerprint density at radius 1 is 1.42 bits per heavy atom. The van der Waals surface area contributed by atoms with Crippen LogP contribution in [0.3, 0.4) is 0 Å². The van der Waals surface area contributed by atoms with Crippen LogP contribution in [-0.4, -0.2) is 29.8 Å². The van der Waals surface area contributed by atoms with Gasteiger partial charge in [0.2, 0.25) is 0 Å². The van der Waals surface area contributed by atoms with Crippen molar-refractivity contribution in [3.63, 3.8) is 0 Å². The molecule has 0 saturated heterocycles. The maximum Gasteiger partial charge on any atom is 0.186 e. The Hall–Kier alpha value is -0.670. The smallest absolute Gasteiger partial charge is 0.186 e. The lowest BCUT2D eigenvalue weighted by atomic mass is 10.1. The van der Waals surface area contributed by atoms with E-state index in [-0.39, 0.29) is 0 Å². The van der Waals surface area contributed by atoms with Gasteiger partial charge in [0.1, 0.15) is 0 Å². The molecule has 2 rings (SSSR count). The number of Topliss-reactive ketones (excluding diaryl/α,β-unsaturated/α-hetero) is 1. The SMILES string of the molecule is CC(C)CCN(CC(=O)c1cccs1)C1CCCC1. The molecule has 0 unspecified atom stereocenters. The van der Waals surface area contributed by atoms with Gasteiger partial charge >= 0.3 is 0 Å². The molecule has 0 amide bonds.